The van der Waals surface area contributed by atoms with E-state index in [-0.39, 0.29) is 30.1 Å². The molecular weight excluding hydrogens is 363 g/mol. The van der Waals surface area contributed by atoms with E-state index in [1.807, 2.05) is 0 Å². The van der Waals surface area contributed by atoms with E-state index in [0.717, 1.165) is 0 Å². The molecule has 8 heteroatoms. The summed E-state index contributed by atoms with van der Waals surface area (Å²) in [7, 11) is 0. The Labute approximate surface area is 160 Å². The van der Waals surface area contributed by atoms with Crippen LogP contribution < -0.4 is 10.9 Å². The lowest BCUT2D eigenvalue weighted by Crippen LogP contribution is -2.29. The number of aromatic nitrogens is 3. The Hall–Kier alpha value is -3.55. The first-order valence-electron chi connectivity index (χ1n) is 8.80. The molecule has 0 spiro atoms. The number of nitrogens with zero attached hydrogens (tertiary/aromatic N) is 3. The van der Waals surface area contributed by atoms with Gasteiger partial charge in [0.05, 0.1) is 18.5 Å². The second-order valence-electron chi connectivity index (χ2n) is 5.82. The number of anilines is 2. The van der Waals surface area contributed by atoms with Crippen LogP contribution in [0.5, 0.6) is 0 Å². The average Bonchev–Trinajstić information content (AvgIpc) is 2.70. The van der Waals surface area contributed by atoms with E-state index >= 15 is 0 Å². The van der Waals surface area contributed by atoms with Gasteiger partial charge in [0, 0.05) is 18.3 Å². The number of nitrogens with one attached hydrogen (secondary N) is 1. The van der Waals surface area contributed by atoms with Gasteiger partial charge in [-0.3, -0.25) is 9.78 Å². The monoisotopic (exact) mass is 382 g/mol. The van der Waals surface area contributed by atoms with Gasteiger partial charge in [-0.2, -0.15) is 5.10 Å². The molecule has 2 aromatic heterocycles. The number of benzene rings is 1. The number of hydrogen-bond acceptors (Lipinski definition) is 6. The number of esters is 1. The van der Waals surface area contributed by atoms with E-state index < -0.39 is 17.3 Å². The number of pyridine rings is 1. The van der Waals surface area contributed by atoms with Crippen LogP contribution in [0, 0.1) is 5.82 Å². The first-order valence-corrected chi connectivity index (χ1v) is 8.80. The molecule has 28 heavy (non-hydrogen) atoms. The summed E-state index contributed by atoms with van der Waals surface area (Å²) in [4.78, 5) is 29.7. The number of carbonyl (C=O) groups is 1. The number of hydrogen-bond donors (Lipinski definition) is 1. The van der Waals surface area contributed by atoms with Crippen molar-refractivity contribution in [3.63, 3.8) is 0 Å². The number of rotatable bonds is 6. The fourth-order valence-corrected chi connectivity index (χ4v) is 2.72. The molecule has 1 N–H and O–H groups in total. The molecule has 2 heterocycles. The van der Waals surface area contributed by atoms with Crippen LogP contribution in [0.4, 0.5) is 15.8 Å². The summed E-state index contributed by atoms with van der Waals surface area (Å²) in [6.45, 7) is 3.80. The van der Waals surface area contributed by atoms with Gasteiger partial charge in [0.2, 0.25) is 0 Å². The van der Waals surface area contributed by atoms with E-state index in [2.05, 4.69) is 15.4 Å². The summed E-state index contributed by atoms with van der Waals surface area (Å²) >= 11 is 0. The molecule has 0 fully saturated rings. The van der Waals surface area contributed by atoms with Crippen LogP contribution in [0.2, 0.25) is 0 Å². The first kappa shape index (κ1) is 19.2. The predicted molar refractivity (Wildman–Crippen MR) is 103 cm³/mol. The lowest BCUT2D eigenvalue weighted by atomic mass is 10.0. The molecule has 0 atom stereocenters. The second kappa shape index (κ2) is 8.43. The maximum atomic E-state index is 13.8. The van der Waals surface area contributed by atoms with E-state index in [1.165, 1.54) is 29.1 Å². The first-order chi connectivity index (χ1) is 13.5. The van der Waals surface area contributed by atoms with Crippen molar-refractivity contribution in [1.29, 1.82) is 0 Å². The third-order valence-corrected chi connectivity index (χ3v) is 3.96. The smallest absolute Gasteiger partial charge is 0.342 e. The molecule has 0 radical (unpaired) electrons. The number of carbonyl (C=O) groups excluding carboxylic acids is 1. The Kier molecular flexibility index (Phi) is 5.78. The summed E-state index contributed by atoms with van der Waals surface area (Å²) in [5, 5.41) is 7.24. The minimum Gasteiger partial charge on any atom is -0.462 e. The number of aryl methyl sites for hydroxylation is 1. The third kappa shape index (κ3) is 3.90. The molecule has 0 aliphatic heterocycles. The highest BCUT2D eigenvalue weighted by molar-refractivity contribution is 6.02. The van der Waals surface area contributed by atoms with Crippen LogP contribution in [-0.4, -0.2) is 27.3 Å². The Morgan fingerprint density at radius 3 is 2.71 bits per heavy atom. The standard InChI is InChI=1S/C20H19FN4O3/c1-3-25-19(26)18(23-15-9-6-10-22-12-15)16(20(27)28-4-2)17(24-25)13-7-5-8-14(21)11-13/h5-12,23H,3-4H2,1-2H3. The highest BCUT2D eigenvalue weighted by Crippen LogP contribution is 2.28. The summed E-state index contributed by atoms with van der Waals surface area (Å²) < 4.78 is 20.2. The number of ether oxygens (including phenoxy) is 1. The average molecular weight is 382 g/mol. The van der Waals surface area contributed by atoms with Gasteiger partial charge in [-0.15, -0.1) is 0 Å². The molecule has 0 amide bonds. The summed E-state index contributed by atoms with van der Waals surface area (Å²) in [5.41, 5.74) is 0.498. The SMILES string of the molecule is CCOC(=O)c1c(-c2cccc(F)c2)nn(CC)c(=O)c1Nc1cccnc1. The molecule has 0 unspecified atom stereocenters. The zero-order valence-electron chi connectivity index (χ0n) is 15.5. The van der Waals surface area contributed by atoms with Crippen LogP contribution in [0.15, 0.2) is 53.6 Å². The van der Waals surface area contributed by atoms with Crippen LogP contribution in [0.1, 0.15) is 24.2 Å². The second-order valence-corrected chi connectivity index (χ2v) is 5.82. The lowest BCUT2D eigenvalue weighted by molar-refractivity contribution is 0.0527. The molecule has 0 bridgehead atoms. The fraction of sp³-hybridized carbons (Fsp3) is 0.200. The maximum absolute atomic E-state index is 13.8. The Morgan fingerprint density at radius 2 is 2.07 bits per heavy atom. The maximum Gasteiger partial charge on any atom is 0.342 e. The molecule has 0 aliphatic carbocycles. The van der Waals surface area contributed by atoms with Crippen molar-refractivity contribution in [2.75, 3.05) is 11.9 Å². The van der Waals surface area contributed by atoms with Gasteiger partial charge >= 0.3 is 5.97 Å². The quantitative estimate of drug-likeness (QED) is 0.658. The minimum absolute atomic E-state index is 0.00237. The molecule has 3 aromatic rings. The van der Waals surface area contributed by atoms with Crippen LogP contribution in [0.3, 0.4) is 0 Å². The van der Waals surface area contributed by atoms with Gasteiger partial charge in [-0.1, -0.05) is 12.1 Å². The fourth-order valence-electron chi connectivity index (χ4n) is 2.72. The zero-order chi connectivity index (χ0) is 20.1. The van der Waals surface area contributed by atoms with Gasteiger partial charge in [0.1, 0.15) is 22.8 Å². The van der Waals surface area contributed by atoms with Crippen molar-refractivity contribution in [2.24, 2.45) is 0 Å². The van der Waals surface area contributed by atoms with E-state index in [9.17, 15) is 14.0 Å². The molecular formula is C20H19FN4O3. The van der Waals surface area contributed by atoms with Gasteiger partial charge in [0.25, 0.3) is 5.56 Å². The Morgan fingerprint density at radius 1 is 1.25 bits per heavy atom. The number of halogens is 1. The molecule has 144 valence electrons. The molecule has 3 rings (SSSR count). The summed E-state index contributed by atoms with van der Waals surface area (Å²) in [6.07, 6.45) is 3.11. The minimum atomic E-state index is -0.721. The van der Waals surface area contributed by atoms with Crippen LogP contribution in [0.25, 0.3) is 11.3 Å². The Balaban J connectivity index is 2.30. The van der Waals surface area contributed by atoms with Gasteiger partial charge < -0.3 is 10.1 Å². The van der Waals surface area contributed by atoms with E-state index in [0.29, 0.717) is 11.3 Å². The van der Waals surface area contributed by atoms with Gasteiger partial charge in [-0.25, -0.2) is 13.9 Å². The van der Waals surface area contributed by atoms with E-state index in [4.69, 9.17) is 4.74 Å². The highest BCUT2D eigenvalue weighted by Gasteiger charge is 2.25. The molecule has 7 nitrogen and oxygen atoms in total. The van der Waals surface area contributed by atoms with Crippen LogP contribution >= 0.6 is 0 Å². The van der Waals surface area contributed by atoms with Crippen molar-refractivity contribution in [1.82, 2.24) is 14.8 Å². The third-order valence-electron chi connectivity index (χ3n) is 3.96. The van der Waals surface area contributed by atoms with Crippen molar-refractivity contribution in [3.05, 3.63) is 70.5 Å². The molecule has 0 saturated heterocycles. The largest absolute Gasteiger partial charge is 0.462 e. The zero-order valence-corrected chi connectivity index (χ0v) is 15.5. The van der Waals surface area contributed by atoms with Gasteiger partial charge in [-0.05, 0) is 38.1 Å². The van der Waals surface area contributed by atoms with E-state index in [1.54, 1.807) is 38.2 Å². The summed E-state index contributed by atoms with van der Waals surface area (Å²) in [5.74, 6) is -1.20. The molecule has 1 aromatic carbocycles. The van der Waals surface area contributed by atoms with Crippen molar-refractivity contribution in [3.8, 4) is 11.3 Å². The normalized spacial score (nSPS) is 10.5. The molecule has 0 aliphatic rings. The molecule has 0 saturated carbocycles. The lowest BCUT2D eigenvalue weighted by Gasteiger charge is -2.16. The van der Waals surface area contributed by atoms with Crippen molar-refractivity contribution >= 4 is 17.3 Å². The Bertz CT molecular complexity index is 1050. The van der Waals surface area contributed by atoms with Crippen molar-refractivity contribution < 1.29 is 13.9 Å². The topological polar surface area (TPSA) is 86.1 Å². The van der Waals surface area contributed by atoms with Crippen LogP contribution in [-0.2, 0) is 11.3 Å². The summed E-state index contributed by atoms with van der Waals surface area (Å²) in [6, 6.07) is 9.07. The predicted octanol–water partition coefficient (Wildman–Crippen LogP) is 3.38. The highest BCUT2D eigenvalue weighted by atomic mass is 19.1. The van der Waals surface area contributed by atoms with Gasteiger partial charge in [0.15, 0.2) is 0 Å². The van der Waals surface area contributed by atoms with Crippen molar-refractivity contribution in [2.45, 2.75) is 20.4 Å².